The number of hydrogen-bond donors (Lipinski definition) is 1. The quantitative estimate of drug-likeness (QED) is 0.900. The van der Waals surface area contributed by atoms with Crippen LogP contribution >= 0.6 is 0 Å². The number of rotatable bonds is 3. The van der Waals surface area contributed by atoms with Gasteiger partial charge < -0.3 is 5.73 Å². The first-order valence-electron chi connectivity index (χ1n) is 7.90. The highest BCUT2D eigenvalue weighted by atomic mass is 15.2. The molecule has 102 valence electrons. The molecular weight excluding hydrogens is 232 g/mol. The van der Waals surface area contributed by atoms with Gasteiger partial charge in [-0.2, -0.15) is 0 Å². The van der Waals surface area contributed by atoms with Crippen LogP contribution in [0.15, 0.2) is 24.3 Å². The van der Waals surface area contributed by atoms with E-state index >= 15 is 0 Å². The van der Waals surface area contributed by atoms with Crippen molar-refractivity contribution < 1.29 is 0 Å². The Balaban J connectivity index is 1.50. The maximum absolute atomic E-state index is 6.16. The van der Waals surface area contributed by atoms with E-state index in [1.165, 1.54) is 44.1 Å². The Morgan fingerprint density at radius 3 is 2.47 bits per heavy atom. The number of fused-ring (bicyclic) bond motifs is 2. The zero-order chi connectivity index (χ0) is 12.8. The normalized spacial score (nSPS) is 34.7. The topological polar surface area (TPSA) is 29.3 Å². The van der Waals surface area contributed by atoms with Crippen LogP contribution in [0.2, 0.25) is 0 Å². The molecule has 1 aromatic carbocycles. The molecule has 2 nitrogen and oxygen atoms in total. The van der Waals surface area contributed by atoms with Crippen LogP contribution in [0.25, 0.3) is 0 Å². The third-order valence-corrected chi connectivity index (χ3v) is 5.29. The van der Waals surface area contributed by atoms with E-state index in [0.29, 0.717) is 6.04 Å². The molecule has 1 aromatic rings. The Morgan fingerprint density at radius 1 is 1.05 bits per heavy atom. The van der Waals surface area contributed by atoms with Gasteiger partial charge in [-0.1, -0.05) is 24.3 Å². The van der Waals surface area contributed by atoms with Crippen LogP contribution in [0.1, 0.15) is 55.6 Å². The molecule has 2 N–H and O–H groups in total. The lowest BCUT2D eigenvalue weighted by atomic mass is 9.97. The average molecular weight is 256 g/mol. The summed E-state index contributed by atoms with van der Waals surface area (Å²) in [5.41, 5.74) is 9.24. The van der Waals surface area contributed by atoms with E-state index in [2.05, 4.69) is 29.2 Å². The molecular formula is C17H24N2. The van der Waals surface area contributed by atoms with E-state index in [1.807, 2.05) is 0 Å². The molecule has 0 spiro atoms. The first-order chi connectivity index (χ1) is 9.29. The largest absolute Gasteiger partial charge is 0.328 e. The second kappa shape index (κ2) is 4.60. The van der Waals surface area contributed by atoms with Crippen LogP contribution in [0.4, 0.5) is 0 Å². The van der Waals surface area contributed by atoms with Crippen LogP contribution in [0.5, 0.6) is 0 Å². The van der Waals surface area contributed by atoms with Gasteiger partial charge in [0, 0.05) is 24.7 Å². The van der Waals surface area contributed by atoms with E-state index in [0.717, 1.165) is 24.5 Å². The van der Waals surface area contributed by atoms with E-state index in [9.17, 15) is 0 Å². The number of benzene rings is 1. The van der Waals surface area contributed by atoms with Gasteiger partial charge in [0.05, 0.1) is 0 Å². The molecule has 2 heteroatoms. The van der Waals surface area contributed by atoms with Crippen molar-refractivity contribution >= 4 is 0 Å². The SMILES string of the molecule is NC1CC2CCC(C1)N2Cc1cccc(C2CC2)c1. The molecule has 4 rings (SSSR count). The molecule has 3 aliphatic rings. The van der Waals surface area contributed by atoms with Crippen molar-refractivity contribution in [1.29, 1.82) is 0 Å². The highest BCUT2D eigenvalue weighted by molar-refractivity contribution is 5.29. The van der Waals surface area contributed by atoms with Crippen LogP contribution in [0, 0.1) is 0 Å². The van der Waals surface area contributed by atoms with Gasteiger partial charge in [-0.3, -0.25) is 4.90 Å². The zero-order valence-corrected chi connectivity index (χ0v) is 11.6. The summed E-state index contributed by atoms with van der Waals surface area (Å²) in [4.78, 5) is 2.73. The Hall–Kier alpha value is -0.860. The van der Waals surface area contributed by atoms with Crippen molar-refractivity contribution in [3.05, 3.63) is 35.4 Å². The lowest BCUT2D eigenvalue weighted by molar-refractivity contribution is 0.120. The second-order valence-corrected chi connectivity index (χ2v) is 6.81. The summed E-state index contributed by atoms with van der Waals surface area (Å²) in [6.45, 7) is 1.14. The summed E-state index contributed by atoms with van der Waals surface area (Å²) >= 11 is 0. The van der Waals surface area contributed by atoms with Crippen molar-refractivity contribution in [1.82, 2.24) is 4.90 Å². The fourth-order valence-corrected chi connectivity index (χ4v) is 4.15. The molecule has 2 atom stereocenters. The Morgan fingerprint density at radius 2 is 1.79 bits per heavy atom. The Kier molecular flexibility index (Phi) is 2.89. The highest BCUT2D eigenvalue weighted by Gasteiger charge is 2.39. The van der Waals surface area contributed by atoms with Crippen LogP contribution in [0.3, 0.4) is 0 Å². The second-order valence-electron chi connectivity index (χ2n) is 6.81. The van der Waals surface area contributed by atoms with Gasteiger partial charge in [-0.05, 0) is 55.6 Å². The van der Waals surface area contributed by atoms with E-state index < -0.39 is 0 Å². The lowest BCUT2D eigenvalue weighted by Crippen LogP contribution is -2.46. The number of hydrogen-bond acceptors (Lipinski definition) is 2. The zero-order valence-electron chi connectivity index (χ0n) is 11.6. The summed E-state index contributed by atoms with van der Waals surface area (Å²) in [6.07, 6.45) is 7.93. The molecule has 0 amide bonds. The minimum absolute atomic E-state index is 0.451. The smallest absolute Gasteiger partial charge is 0.0239 e. The molecule has 1 aliphatic carbocycles. The maximum atomic E-state index is 6.16. The number of piperidine rings is 1. The van der Waals surface area contributed by atoms with E-state index in [-0.39, 0.29) is 0 Å². The molecule has 2 unspecified atom stereocenters. The summed E-state index contributed by atoms with van der Waals surface area (Å²) in [5, 5.41) is 0. The first kappa shape index (κ1) is 11.9. The monoisotopic (exact) mass is 256 g/mol. The third-order valence-electron chi connectivity index (χ3n) is 5.29. The predicted octanol–water partition coefficient (Wildman–Crippen LogP) is 3.02. The van der Waals surface area contributed by atoms with E-state index in [4.69, 9.17) is 5.73 Å². The lowest BCUT2D eigenvalue weighted by Gasteiger charge is -2.37. The van der Waals surface area contributed by atoms with Gasteiger partial charge in [0.2, 0.25) is 0 Å². The van der Waals surface area contributed by atoms with Crippen molar-refractivity contribution in [2.45, 2.75) is 69.1 Å². The van der Waals surface area contributed by atoms with Gasteiger partial charge >= 0.3 is 0 Å². The van der Waals surface area contributed by atoms with Crippen LogP contribution < -0.4 is 5.73 Å². The standard InChI is InChI=1S/C17H24N2/c18-15-9-16-6-7-17(10-15)19(16)11-12-2-1-3-14(8-12)13-4-5-13/h1-3,8,13,15-17H,4-7,9-11,18H2. The minimum atomic E-state index is 0.451. The van der Waals surface area contributed by atoms with Crippen molar-refractivity contribution in [2.24, 2.45) is 5.73 Å². The molecule has 3 fully saturated rings. The molecule has 2 bridgehead atoms. The van der Waals surface area contributed by atoms with Gasteiger partial charge in [0.1, 0.15) is 0 Å². The maximum Gasteiger partial charge on any atom is 0.0239 e. The summed E-state index contributed by atoms with van der Waals surface area (Å²) < 4.78 is 0. The van der Waals surface area contributed by atoms with Gasteiger partial charge in [0.25, 0.3) is 0 Å². The summed E-state index contributed by atoms with van der Waals surface area (Å²) in [7, 11) is 0. The van der Waals surface area contributed by atoms with Gasteiger partial charge in [-0.15, -0.1) is 0 Å². The average Bonchev–Trinajstić information content (AvgIpc) is 3.20. The van der Waals surface area contributed by atoms with Crippen molar-refractivity contribution in [2.75, 3.05) is 0 Å². The Bertz CT molecular complexity index is 452. The molecule has 19 heavy (non-hydrogen) atoms. The van der Waals surface area contributed by atoms with E-state index in [1.54, 1.807) is 5.56 Å². The van der Waals surface area contributed by atoms with Gasteiger partial charge in [0.15, 0.2) is 0 Å². The first-order valence-corrected chi connectivity index (χ1v) is 7.90. The predicted molar refractivity (Wildman–Crippen MR) is 78.0 cm³/mol. The molecule has 0 aromatic heterocycles. The summed E-state index contributed by atoms with van der Waals surface area (Å²) in [5.74, 6) is 0.867. The van der Waals surface area contributed by atoms with Crippen molar-refractivity contribution in [3.8, 4) is 0 Å². The third kappa shape index (κ3) is 2.32. The Labute approximate surface area is 116 Å². The molecule has 2 aliphatic heterocycles. The molecule has 0 radical (unpaired) electrons. The fraction of sp³-hybridized carbons (Fsp3) is 0.647. The molecule has 2 saturated heterocycles. The number of nitrogens with two attached hydrogens (primary N) is 1. The molecule has 2 heterocycles. The molecule has 1 saturated carbocycles. The van der Waals surface area contributed by atoms with Crippen molar-refractivity contribution in [3.63, 3.8) is 0 Å². The minimum Gasteiger partial charge on any atom is -0.328 e. The highest BCUT2D eigenvalue weighted by Crippen LogP contribution is 2.41. The van der Waals surface area contributed by atoms with Crippen LogP contribution in [-0.4, -0.2) is 23.0 Å². The fourth-order valence-electron chi connectivity index (χ4n) is 4.15. The van der Waals surface area contributed by atoms with Gasteiger partial charge in [-0.25, -0.2) is 0 Å². The number of nitrogens with zero attached hydrogens (tertiary/aromatic N) is 1. The van der Waals surface area contributed by atoms with Crippen LogP contribution in [-0.2, 0) is 6.54 Å². The summed E-state index contributed by atoms with van der Waals surface area (Å²) in [6, 6.07) is 11.3.